The molecule has 22 heavy (non-hydrogen) atoms. The molecule has 1 unspecified atom stereocenters. The average Bonchev–Trinajstić information content (AvgIpc) is 3.28. The van der Waals surface area contributed by atoms with Crippen molar-refractivity contribution in [2.24, 2.45) is 5.92 Å². The van der Waals surface area contributed by atoms with E-state index in [-0.39, 0.29) is 0 Å². The molecule has 5 nitrogen and oxygen atoms in total. The molecule has 4 rings (SSSR count). The zero-order valence-electron chi connectivity index (χ0n) is 12.5. The second kappa shape index (κ2) is 6.32. The van der Waals surface area contributed by atoms with E-state index in [0.29, 0.717) is 12.0 Å². The monoisotopic (exact) mass is 315 g/mol. The lowest BCUT2D eigenvalue weighted by Crippen LogP contribution is -2.46. The summed E-state index contributed by atoms with van der Waals surface area (Å²) < 4.78 is 4.58. The second-order valence-corrected chi connectivity index (χ2v) is 6.78. The molecule has 2 fully saturated rings. The Bertz CT molecular complexity index is 608. The number of hydrazine groups is 1. The van der Waals surface area contributed by atoms with Crippen LogP contribution < -0.4 is 15.8 Å². The van der Waals surface area contributed by atoms with Crippen LogP contribution in [0.15, 0.2) is 30.3 Å². The molecule has 116 valence electrons. The van der Waals surface area contributed by atoms with E-state index in [1.54, 1.807) is 0 Å². The van der Waals surface area contributed by atoms with Gasteiger partial charge in [0.1, 0.15) is 0 Å². The number of nitrogens with one attached hydrogen (secondary N) is 2. The highest BCUT2D eigenvalue weighted by Crippen LogP contribution is 2.32. The maximum absolute atomic E-state index is 4.82. The van der Waals surface area contributed by atoms with Crippen LogP contribution in [0, 0.1) is 5.92 Å². The molecular formula is C16H21N5S. The number of rotatable bonds is 3. The minimum absolute atomic E-state index is 0.577. The molecule has 1 atom stereocenters. The van der Waals surface area contributed by atoms with Crippen molar-refractivity contribution in [2.75, 3.05) is 24.5 Å². The van der Waals surface area contributed by atoms with Gasteiger partial charge in [-0.05, 0) is 19.3 Å². The van der Waals surface area contributed by atoms with Gasteiger partial charge in [0, 0.05) is 48.7 Å². The standard InChI is InChI=1S/C16H21N5S/c1-2-6-12(7-3-1)15-19-16(22-20-15)21-9-5-4-8-14(21)13-10-17-18-11-13/h1-3,6-7,13-14,17-18H,4-5,8-11H2. The summed E-state index contributed by atoms with van der Waals surface area (Å²) >= 11 is 1.54. The van der Waals surface area contributed by atoms with Crippen molar-refractivity contribution in [1.29, 1.82) is 0 Å². The smallest absolute Gasteiger partial charge is 0.205 e. The lowest BCUT2D eigenvalue weighted by molar-refractivity contribution is 0.365. The molecule has 0 bridgehead atoms. The van der Waals surface area contributed by atoms with Crippen LogP contribution in [0.2, 0.25) is 0 Å². The van der Waals surface area contributed by atoms with Crippen molar-refractivity contribution in [3.8, 4) is 11.4 Å². The minimum Gasteiger partial charge on any atom is -0.343 e. The number of nitrogens with zero attached hydrogens (tertiary/aromatic N) is 3. The van der Waals surface area contributed by atoms with E-state index >= 15 is 0 Å². The Kier molecular flexibility index (Phi) is 4.05. The van der Waals surface area contributed by atoms with Crippen LogP contribution in [0.25, 0.3) is 11.4 Å². The highest BCUT2D eigenvalue weighted by atomic mass is 32.1. The van der Waals surface area contributed by atoms with Gasteiger partial charge in [0.25, 0.3) is 0 Å². The molecule has 0 radical (unpaired) electrons. The van der Waals surface area contributed by atoms with E-state index < -0.39 is 0 Å². The zero-order valence-corrected chi connectivity index (χ0v) is 13.4. The van der Waals surface area contributed by atoms with Crippen LogP contribution in [-0.4, -0.2) is 35.0 Å². The lowest BCUT2D eigenvalue weighted by atomic mass is 9.91. The Balaban J connectivity index is 1.58. The third kappa shape index (κ3) is 2.74. The maximum atomic E-state index is 4.82. The molecule has 2 saturated heterocycles. The number of piperidine rings is 1. The van der Waals surface area contributed by atoms with Gasteiger partial charge in [-0.3, -0.25) is 10.9 Å². The molecule has 0 amide bonds. The first-order chi connectivity index (χ1) is 10.9. The molecule has 0 aliphatic carbocycles. The Morgan fingerprint density at radius 1 is 1.09 bits per heavy atom. The van der Waals surface area contributed by atoms with Crippen LogP contribution in [0.4, 0.5) is 5.13 Å². The van der Waals surface area contributed by atoms with Crippen molar-refractivity contribution in [3.05, 3.63) is 30.3 Å². The highest BCUT2D eigenvalue weighted by Gasteiger charge is 2.33. The van der Waals surface area contributed by atoms with Crippen LogP contribution >= 0.6 is 11.5 Å². The van der Waals surface area contributed by atoms with Crippen LogP contribution in [-0.2, 0) is 0 Å². The molecule has 2 N–H and O–H groups in total. The Hall–Kier alpha value is -1.50. The molecule has 6 heteroatoms. The maximum Gasteiger partial charge on any atom is 0.205 e. The van der Waals surface area contributed by atoms with Gasteiger partial charge in [-0.2, -0.15) is 9.36 Å². The molecule has 0 saturated carbocycles. The third-order valence-electron chi connectivity index (χ3n) is 4.64. The van der Waals surface area contributed by atoms with E-state index in [1.807, 2.05) is 18.2 Å². The molecule has 3 heterocycles. The van der Waals surface area contributed by atoms with Gasteiger partial charge >= 0.3 is 0 Å². The molecular weight excluding hydrogens is 294 g/mol. The first-order valence-electron chi connectivity index (χ1n) is 8.03. The van der Waals surface area contributed by atoms with Gasteiger partial charge in [-0.1, -0.05) is 30.3 Å². The molecule has 2 aliphatic heterocycles. The van der Waals surface area contributed by atoms with Crippen molar-refractivity contribution < 1.29 is 0 Å². The highest BCUT2D eigenvalue weighted by molar-refractivity contribution is 7.09. The predicted molar refractivity (Wildman–Crippen MR) is 89.8 cm³/mol. The summed E-state index contributed by atoms with van der Waals surface area (Å²) in [7, 11) is 0. The number of hydrogen-bond acceptors (Lipinski definition) is 6. The molecule has 2 aliphatic rings. The van der Waals surface area contributed by atoms with Gasteiger partial charge in [0.05, 0.1) is 0 Å². The van der Waals surface area contributed by atoms with E-state index in [2.05, 4.69) is 32.3 Å². The number of hydrogen-bond donors (Lipinski definition) is 2. The number of benzene rings is 1. The van der Waals surface area contributed by atoms with E-state index in [9.17, 15) is 0 Å². The summed E-state index contributed by atoms with van der Waals surface area (Å²) in [6.07, 6.45) is 3.83. The minimum atomic E-state index is 0.577. The van der Waals surface area contributed by atoms with Gasteiger partial charge in [0.2, 0.25) is 5.13 Å². The summed E-state index contributed by atoms with van der Waals surface area (Å²) in [6, 6.07) is 10.8. The molecule has 1 aromatic heterocycles. The fourth-order valence-electron chi connectivity index (χ4n) is 3.47. The van der Waals surface area contributed by atoms with Crippen molar-refractivity contribution in [2.45, 2.75) is 25.3 Å². The zero-order chi connectivity index (χ0) is 14.8. The van der Waals surface area contributed by atoms with Crippen LogP contribution in [0.5, 0.6) is 0 Å². The fourth-order valence-corrected chi connectivity index (χ4v) is 4.25. The summed E-state index contributed by atoms with van der Waals surface area (Å²) in [5, 5.41) is 1.08. The van der Waals surface area contributed by atoms with Gasteiger partial charge in [-0.25, -0.2) is 0 Å². The Morgan fingerprint density at radius 3 is 2.73 bits per heavy atom. The normalized spacial score (nSPS) is 23.1. The SMILES string of the molecule is c1ccc(-c2nsc(N3CCCCC3C3CNNC3)n2)cc1. The molecule has 0 spiro atoms. The summed E-state index contributed by atoms with van der Waals surface area (Å²) in [6.45, 7) is 3.20. The summed E-state index contributed by atoms with van der Waals surface area (Å²) in [5.41, 5.74) is 7.63. The van der Waals surface area contributed by atoms with Gasteiger partial charge < -0.3 is 4.90 Å². The van der Waals surface area contributed by atoms with Crippen molar-refractivity contribution in [3.63, 3.8) is 0 Å². The van der Waals surface area contributed by atoms with E-state index in [0.717, 1.165) is 36.2 Å². The quantitative estimate of drug-likeness (QED) is 0.910. The first kappa shape index (κ1) is 14.1. The Morgan fingerprint density at radius 2 is 1.91 bits per heavy atom. The average molecular weight is 315 g/mol. The number of aromatic nitrogens is 2. The third-order valence-corrected chi connectivity index (χ3v) is 5.39. The topological polar surface area (TPSA) is 53.1 Å². The number of anilines is 1. The molecule has 1 aromatic carbocycles. The largest absolute Gasteiger partial charge is 0.343 e. The Labute approximate surface area is 134 Å². The van der Waals surface area contributed by atoms with Gasteiger partial charge in [0.15, 0.2) is 5.82 Å². The van der Waals surface area contributed by atoms with E-state index in [4.69, 9.17) is 4.98 Å². The van der Waals surface area contributed by atoms with Crippen molar-refractivity contribution >= 4 is 16.7 Å². The van der Waals surface area contributed by atoms with E-state index in [1.165, 1.54) is 30.8 Å². The van der Waals surface area contributed by atoms with Crippen molar-refractivity contribution in [1.82, 2.24) is 20.2 Å². The van der Waals surface area contributed by atoms with Gasteiger partial charge in [-0.15, -0.1) is 0 Å². The lowest BCUT2D eigenvalue weighted by Gasteiger charge is -2.38. The summed E-state index contributed by atoms with van der Waals surface area (Å²) in [4.78, 5) is 7.31. The van der Waals surface area contributed by atoms with Crippen LogP contribution in [0.1, 0.15) is 19.3 Å². The van der Waals surface area contributed by atoms with Crippen LogP contribution in [0.3, 0.4) is 0 Å². The summed E-state index contributed by atoms with van der Waals surface area (Å²) in [5.74, 6) is 1.51. The molecule has 2 aromatic rings. The first-order valence-corrected chi connectivity index (χ1v) is 8.80. The second-order valence-electron chi connectivity index (χ2n) is 6.04. The predicted octanol–water partition coefficient (Wildman–Crippen LogP) is 2.29. The fraction of sp³-hybridized carbons (Fsp3) is 0.500.